The lowest BCUT2D eigenvalue weighted by molar-refractivity contribution is -0.138. The molecule has 1 unspecified atom stereocenters. The van der Waals surface area contributed by atoms with E-state index in [2.05, 4.69) is 45.2 Å². The van der Waals surface area contributed by atoms with Gasteiger partial charge in [-0.25, -0.2) is 0 Å². The van der Waals surface area contributed by atoms with Gasteiger partial charge in [0.25, 0.3) is 0 Å². The van der Waals surface area contributed by atoms with Gasteiger partial charge in [0, 0.05) is 7.14 Å². The molecular weight excluding hydrogens is 651 g/mol. The van der Waals surface area contributed by atoms with Crippen molar-refractivity contribution in [2.24, 2.45) is 5.73 Å². The Hall–Kier alpha value is -0.340. The highest BCUT2D eigenvalue weighted by molar-refractivity contribution is 14.1. The smallest absolute Gasteiger partial charge is 0.320 e. The first-order chi connectivity index (χ1) is 11.1. The molecule has 2 aromatic carbocycles. The summed E-state index contributed by atoms with van der Waals surface area (Å²) in [6, 6.07) is 7.55. The van der Waals surface area contributed by atoms with E-state index in [1.807, 2.05) is 41.6 Å². The first-order valence-electron chi connectivity index (χ1n) is 6.72. The van der Waals surface area contributed by atoms with Crippen LogP contribution >= 0.6 is 67.8 Å². The van der Waals surface area contributed by atoms with Crippen LogP contribution in [0.5, 0.6) is 11.5 Å². The van der Waals surface area contributed by atoms with Crippen LogP contribution < -0.4 is 5.73 Å². The van der Waals surface area contributed by atoms with Crippen LogP contribution in [0.1, 0.15) is 11.1 Å². The molecule has 0 heterocycles. The lowest BCUT2D eigenvalue weighted by Gasteiger charge is -2.09. The van der Waals surface area contributed by atoms with Gasteiger partial charge in [-0.15, -0.1) is 0 Å². The summed E-state index contributed by atoms with van der Waals surface area (Å²) in [5, 5.41) is 26.5. The number of aliphatic carboxylic acids is 1. The fraction of sp³-hybridized carbons (Fsp3) is 0.188. The monoisotopic (exact) mass is 667 g/mol. The molecular formula is C16H16I3NO4. The van der Waals surface area contributed by atoms with E-state index in [-0.39, 0.29) is 11.5 Å². The highest BCUT2D eigenvalue weighted by atomic mass is 127. The van der Waals surface area contributed by atoms with E-state index in [9.17, 15) is 4.79 Å². The molecule has 0 fully saturated rings. The van der Waals surface area contributed by atoms with E-state index in [1.165, 1.54) is 23.8 Å². The maximum Gasteiger partial charge on any atom is 0.320 e. The second-order valence-corrected chi connectivity index (χ2v) is 8.46. The van der Waals surface area contributed by atoms with Crippen molar-refractivity contribution in [1.29, 1.82) is 0 Å². The maximum absolute atomic E-state index is 10.6. The second kappa shape index (κ2) is 9.97. The summed E-state index contributed by atoms with van der Waals surface area (Å²) < 4.78 is 2.95. The van der Waals surface area contributed by atoms with Crippen LogP contribution in [-0.4, -0.2) is 27.3 Å². The molecule has 0 radical (unpaired) electrons. The van der Waals surface area contributed by atoms with Crippen LogP contribution in [0.4, 0.5) is 0 Å². The summed E-state index contributed by atoms with van der Waals surface area (Å²) >= 11 is 6.43. The lowest BCUT2D eigenvalue weighted by atomic mass is 10.1. The van der Waals surface area contributed by atoms with Gasteiger partial charge in [-0.05, 0) is 123 Å². The average Bonchev–Trinajstić information content (AvgIpc) is 2.49. The molecule has 130 valence electrons. The van der Waals surface area contributed by atoms with E-state index in [0.29, 0.717) is 9.99 Å². The predicted octanol–water partition coefficient (Wildman–Crippen LogP) is 3.86. The Labute approximate surface area is 181 Å². The average molecular weight is 667 g/mol. The number of benzene rings is 2. The van der Waals surface area contributed by atoms with Crippen LogP contribution in [0.2, 0.25) is 0 Å². The van der Waals surface area contributed by atoms with Gasteiger partial charge < -0.3 is 21.1 Å². The molecule has 0 aliphatic carbocycles. The number of rotatable bonds is 3. The standard InChI is InChI=1S/C10H11I2NO2.C6H5IO2/c1-5-7(11)2-6(3-8(5)12)4-9(13)10(14)15;7-5-3-4(8)1-2-6(5)9/h2-3,9H,4,13H2,1H3,(H,14,15);1-3,8-9H. The molecule has 0 aliphatic rings. The van der Waals surface area contributed by atoms with Crippen molar-refractivity contribution in [1.82, 2.24) is 0 Å². The summed E-state index contributed by atoms with van der Waals surface area (Å²) in [5.41, 5.74) is 7.68. The van der Waals surface area contributed by atoms with E-state index >= 15 is 0 Å². The van der Waals surface area contributed by atoms with E-state index < -0.39 is 12.0 Å². The number of hydrogen-bond acceptors (Lipinski definition) is 4. The van der Waals surface area contributed by atoms with Crippen LogP contribution in [0, 0.1) is 17.6 Å². The Morgan fingerprint density at radius 1 is 1.08 bits per heavy atom. The summed E-state index contributed by atoms with van der Waals surface area (Å²) in [7, 11) is 0. The van der Waals surface area contributed by atoms with Crippen molar-refractivity contribution in [3.05, 3.63) is 52.2 Å². The Kier molecular flexibility index (Phi) is 9.01. The summed E-state index contributed by atoms with van der Waals surface area (Å²) in [6.07, 6.45) is 0.377. The minimum Gasteiger partial charge on any atom is -0.508 e. The number of aromatic hydroxyl groups is 2. The van der Waals surface area contributed by atoms with Gasteiger partial charge in [-0.2, -0.15) is 0 Å². The Morgan fingerprint density at radius 2 is 1.62 bits per heavy atom. The van der Waals surface area contributed by atoms with Crippen molar-refractivity contribution in [3.63, 3.8) is 0 Å². The third kappa shape index (κ3) is 6.88. The highest BCUT2D eigenvalue weighted by Gasteiger charge is 2.13. The molecule has 0 saturated heterocycles. The van der Waals surface area contributed by atoms with Crippen LogP contribution in [-0.2, 0) is 11.2 Å². The molecule has 1 atom stereocenters. The first kappa shape index (κ1) is 21.7. The summed E-state index contributed by atoms with van der Waals surface area (Å²) in [6.45, 7) is 2.05. The number of carboxylic acid groups (broad SMARTS) is 1. The second-order valence-electron chi connectivity index (χ2n) is 4.97. The summed E-state index contributed by atoms with van der Waals surface area (Å²) in [5.74, 6) is -0.578. The third-order valence-electron chi connectivity index (χ3n) is 3.04. The van der Waals surface area contributed by atoms with Gasteiger partial charge in [0.05, 0.1) is 3.57 Å². The van der Waals surface area contributed by atoms with Crippen LogP contribution in [0.3, 0.4) is 0 Å². The van der Waals surface area contributed by atoms with Crippen molar-refractivity contribution in [3.8, 4) is 11.5 Å². The topological polar surface area (TPSA) is 104 Å². The molecule has 0 spiro atoms. The number of nitrogens with two attached hydrogens (primary N) is 1. The van der Waals surface area contributed by atoms with Gasteiger partial charge >= 0.3 is 5.97 Å². The van der Waals surface area contributed by atoms with Gasteiger partial charge in [0.1, 0.15) is 17.5 Å². The molecule has 5 N–H and O–H groups in total. The zero-order chi connectivity index (χ0) is 18.4. The van der Waals surface area contributed by atoms with Gasteiger partial charge in [0.15, 0.2) is 0 Å². The normalized spacial score (nSPS) is 11.4. The minimum atomic E-state index is -0.958. The minimum absolute atomic E-state index is 0.178. The highest BCUT2D eigenvalue weighted by Crippen LogP contribution is 2.23. The zero-order valence-electron chi connectivity index (χ0n) is 12.6. The Balaban J connectivity index is 0.000000272. The number of phenolic OH excluding ortho intramolecular Hbond substituents is 2. The molecule has 5 nitrogen and oxygen atoms in total. The maximum atomic E-state index is 10.6. The number of phenols is 2. The summed E-state index contributed by atoms with van der Waals surface area (Å²) in [4.78, 5) is 10.6. The number of carbonyl (C=O) groups is 1. The molecule has 24 heavy (non-hydrogen) atoms. The fourth-order valence-corrected chi connectivity index (χ4v) is 4.05. The quantitative estimate of drug-likeness (QED) is 0.295. The number of hydrogen-bond donors (Lipinski definition) is 4. The van der Waals surface area contributed by atoms with Crippen LogP contribution in [0.25, 0.3) is 0 Å². The molecule has 0 bridgehead atoms. The molecule has 0 aromatic heterocycles. The van der Waals surface area contributed by atoms with Crippen molar-refractivity contribution in [2.45, 2.75) is 19.4 Å². The van der Waals surface area contributed by atoms with E-state index in [1.54, 1.807) is 0 Å². The molecule has 0 saturated carbocycles. The molecule has 8 heteroatoms. The third-order valence-corrected chi connectivity index (χ3v) is 6.15. The van der Waals surface area contributed by atoms with Crippen molar-refractivity contribution >= 4 is 73.7 Å². The fourth-order valence-electron chi connectivity index (χ4n) is 1.65. The molecule has 0 amide bonds. The zero-order valence-corrected chi connectivity index (χ0v) is 19.1. The molecule has 0 aliphatic heterocycles. The number of carboxylic acids is 1. The predicted molar refractivity (Wildman–Crippen MR) is 118 cm³/mol. The molecule has 2 aromatic rings. The first-order valence-corrected chi connectivity index (χ1v) is 9.95. The van der Waals surface area contributed by atoms with Gasteiger partial charge in [0.2, 0.25) is 0 Å². The Bertz CT molecular complexity index is 714. The van der Waals surface area contributed by atoms with Crippen molar-refractivity contribution in [2.75, 3.05) is 0 Å². The Morgan fingerprint density at radius 3 is 2.04 bits per heavy atom. The van der Waals surface area contributed by atoms with E-state index in [4.69, 9.17) is 21.1 Å². The van der Waals surface area contributed by atoms with E-state index in [0.717, 1.165) is 12.7 Å². The number of halogens is 3. The van der Waals surface area contributed by atoms with Crippen LogP contribution in [0.15, 0.2) is 30.3 Å². The largest absolute Gasteiger partial charge is 0.508 e. The van der Waals surface area contributed by atoms with Gasteiger partial charge in [-0.1, -0.05) is 0 Å². The SMILES string of the molecule is Cc1c(I)cc(CC(N)C(=O)O)cc1I.Oc1ccc(O)c(I)c1. The molecule has 2 rings (SSSR count). The lowest BCUT2D eigenvalue weighted by Crippen LogP contribution is -2.32. The van der Waals surface area contributed by atoms with Gasteiger partial charge in [-0.3, -0.25) is 4.79 Å². The van der Waals surface area contributed by atoms with Crippen molar-refractivity contribution < 1.29 is 20.1 Å².